The van der Waals surface area contributed by atoms with Crippen LogP contribution in [0.2, 0.25) is 0 Å². The molecule has 0 aromatic rings. The summed E-state index contributed by atoms with van der Waals surface area (Å²) < 4.78 is 0. The van der Waals surface area contributed by atoms with Gasteiger partial charge >= 0.3 is 0 Å². The molecule has 0 bridgehead atoms. The SMILES string of the molecule is CC(C)[C@H](N)C(=O)C1CCCC1. The van der Waals surface area contributed by atoms with Gasteiger partial charge < -0.3 is 5.73 Å². The third kappa shape index (κ3) is 2.07. The number of ketones is 1. The lowest BCUT2D eigenvalue weighted by molar-refractivity contribution is -0.124. The third-order valence-corrected chi connectivity index (χ3v) is 2.80. The molecule has 1 rings (SSSR count). The van der Waals surface area contributed by atoms with Crippen LogP contribution in [0.15, 0.2) is 0 Å². The summed E-state index contributed by atoms with van der Waals surface area (Å²) in [5.74, 6) is 0.864. The third-order valence-electron chi connectivity index (χ3n) is 2.80. The highest BCUT2D eigenvalue weighted by Gasteiger charge is 2.28. The normalized spacial score (nSPS) is 21.7. The number of hydrogen-bond acceptors (Lipinski definition) is 2. The van der Waals surface area contributed by atoms with Gasteiger partial charge in [-0.25, -0.2) is 0 Å². The molecule has 12 heavy (non-hydrogen) atoms. The summed E-state index contributed by atoms with van der Waals surface area (Å²) >= 11 is 0. The quantitative estimate of drug-likeness (QED) is 0.699. The van der Waals surface area contributed by atoms with Gasteiger partial charge in [0.25, 0.3) is 0 Å². The van der Waals surface area contributed by atoms with E-state index in [1.54, 1.807) is 0 Å². The first-order chi connectivity index (χ1) is 5.63. The largest absolute Gasteiger partial charge is 0.321 e. The first-order valence-electron chi connectivity index (χ1n) is 4.92. The number of nitrogens with two attached hydrogens (primary N) is 1. The minimum atomic E-state index is -0.229. The predicted molar refractivity (Wildman–Crippen MR) is 49.8 cm³/mol. The molecule has 0 radical (unpaired) electrons. The van der Waals surface area contributed by atoms with Gasteiger partial charge in [0.1, 0.15) is 0 Å². The van der Waals surface area contributed by atoms with E-state index in [2.05, 4.69) is 0 Å². The fourth-order valence-corrected chi connectivity index (χ4v) is 1.81. The molecule has 2 heteroatoms. The Morgan fingerprint density at radius 1 is 1.33 bits per heavy atom. The number of hydrogen-bond donors (Lipinski definition) is 1. The van der Waals surface area contributed by atoms with Crippen LogP contribution in [0, 0.1) is 11.8 Å². The molecular formula is C10H19NO. The smallest absolute Gasteiger partial charge is 0.152 e. The Labute approximate surface area is 74.5 Å². The fourth-order valence-electron chi connectivity index (χ4n) is 1.81. The number of carbonyl (C=O) groups excluding carboxylic acids is 1. The van der Waals surface area contributed by atoms with Crippen molar-refractivity contribution in [2.24, 2.45) is 17.6 Å². The molecule has 1 aliphatic carbocycles. The lowest BCUT2D eigenvalue weighted by Gasteiger charge is -2.17. The van der Waals surface area contributed by atoms with E-state index >= 15 is 0 Å². The zero-order valence-corrected chi connectivity index (χ0v) is 8.05. The topological polar surface area (TPSA) is 43.1 Å². The zero-order valence-electron chi connectivity index (χ0n) is 8.05. The van der Waals surface area contributed by atoms with Crippen LogP contribution in [0.25, 0.3) is 0 Å². The second kappa shape index (κ2) is 4.04. The fraction of sp³-hybridized carbons (Fsp3) is 0.900. The summed E-state index contributed by atoms with van der Waals surface area (Å²) in [5, 5.41) is 0. The molecule has 0 heterocycles. The summed E-state index contributed by atoms with van der Waals surface area (Å²) in [4.78, 5) is 11.7. The Morgan fingerprint density at radius 3 is 2.25 bits per heavy atom. The highest BCUT2D eigenvalue weighted by atomic mass is 16.1. The maximum Gasteiger partial charge on any atom is 0.152 e. The molecule has 0 aromatic carbocycles. The van der Waals surface area contributed by atoms with Crippen molar-refractivity contribution in [2.75, 3.05) is 0 Å². The molecule has 0 unspecified atom stereocenters. The number of carbonyl (C=O) groups is 1. The van der Waals surface area contributed by atoms with Crippen LogP contribution in [0.1, 0.15) is 39.5 Å². The Balaban J connectivity index is 2.45. The van der Waals surface area contributed by atoms with E-state index in [0.717, 1.165) is 12.8 Å². The standard InChI is InChI=1S/C10H19NO/c1-7(2)9(11)10(12)8-5-3-4-6-8/h7-9H,3-6,11H2,1-2H3/t9-/m0/s1. The Kier molecular flexibility index (Phi) is 3.27. The summed E-state index contributed by atoms with van der Waals surface area (Å²) in [7, 11) is 0. The van der Waals surface area contributed by atoms with E-state index in [1.165, 1.54) is 12.8 Å². The van der Waals surface area contributed by atoms with Crippen molar-refractivity contribution in [1.29, 1.82) is 0 Å². The summed E-state index contributed by atoms with van der Waals surface area (Å²) in [5.41, 5.74) is 5.79. The van der Waals surface area contributed by atoms with E-state index < -0.39 is 0 Å². The van der Waals surface area contributed by atoms with Crippen molar-refractivity contribution in [3.05, 3.63) is 0 Å². The van der Waals surface area contributed by atoms with Gasteiger partial charge in [-0.05, 0) is 18.8 Å². The van der Waals surface area contributed by atoms with E-state index in [4.69, 9.17) is 5.73 Å². The molecule has 1 atom stereocenters. The number of rotatable bonds is 3. The van der Waals surface area contributed by atoms with Gasteiger partial charge in [0.2, 0.25) is 0 Å². The van der Waals surface area contributed by atoms with Crippen molar-refractivity contribution < 1.29 is 4.79 Å². The molecule has 0 aliphatic heterocycles. The van der Waals surface area contributed by atoms with Crippen LogP contribution in [0.5, 0.6) is 0 Å². The van der Waals surface area contributed by atoms with E-state index in [1.807, 2.05) is 13.8 Å². The van der Waals surface area contributed by atoms with Gasteiger partial charge in [-0.3, -0.25) is 4.79 Å². The van der Waals surface area contributed by atoms with Crippen LogP contribution in [0.4, 0.5) is 0 Å². The Hall–Kier alpha value is -0.370. The van der Waals surface area contributed by atoms with Gasteiger partial charge in [-0.15, -0.1) is 0 Å². The first kappa shape index (κ1) is 9.72. The molecule has 0 aromatic heterocycles. The summed E-state index contributed by atoms with van der Waals surface area (Å²) in [6, 6.07) is -0.229. The molecule has 70 valence electrons. The highest BCUT2D eigenvalue weighted by molar-refractivity contribution is 5.86. The van der Waals surface area contributed by atoms with Gasteiger partial charge in [-0.2, -0.15) is 0 Å². The van der Waals surface area contributed by atoms with Crippen molar-refractivity contribution >= 4 is 5.78 Å². The van der Waals surface area contributed by atoms with Crippen LogP contribution in [0.3, 0.4) is 0 Å². The van der Waals surface area contributed by atoms with Gasteiger partial charge in [0, 0.05) is 5.92 Å². The zero-order chi connectivity index (χ0) is 9.14. The van der Waals surface area contributed by atoms with E-state index in [-0.39, 0.29) is 17.9 Å². The first-order valence-corrected chi connectivity index (χ1v) is 4.92. The van der Waals surface area contributed by atoms with Crippen molar-refractivity contribution in [3.8, 4) is 0 Å². The molecule has 1 aliphatic rings. The summed E-state index contributed by atoms with van der Waals surface area (Å²) in [6.07, 6.45) is 4.56. The molecule has 1 fully saturated rings. The maximum atomic E-state index is 11.7. The summed E-state index contributed by atoms with van der Waals surface area (Å²) in [6.45, 7) is 4.02. The van der Waals surface area contributed by atoms with Gasteiger partial charge in [0.05, 0.1) is 6.04 Å². The van der Waals surface area contributed by atoms with Crippen molar-refractivity contribution in [2.45, 2.75) is 45.6 Å². The molecule has 1 saturated carbocycles. The van der Waals surface area contributed by atoms with Gasteiger partial charge in [0.15, 0.2) is 5.78 Å². The van der Waals surface area contributed by atoms with E-state index in [9.17, 15) is 4.79 Å². The van der Waals surface area contributed by atoms with Crippen LogP contribution in [-0.2, 0) is 4.79 Å². The Bertz CT molecular complexity index is 155. The van der Waals surface area contributed by atoms with Crippen molar-refractivity contribution in [1.82, 2.24) is 0 Å². The van der Waals surface area contributed by atoms with Crippen LogP contribution in [-0.4, -0.2) is 11.8 Å². The van der Waals surface area contributed by atoms with Crippen LogP contribution >= 0.6 is 0 Å². The van der Waals surface area contributed by atoms with Crippen molar-refractivity contribution in [3.63, 3.8) is 0 Å². The highest BCUT2D eigenvalue weighted by Crippen LogP contribution is 2.27. The average molecular weight is 169 g/mol. The Morgan fingerprint density at radius 2 is 1.83 bits per heavy atom. The predicted octanol–water partition coefficient (Wildman–Crippen LogP) is 1.73. The second-order valence-corrected chi connectivity index (χ2v) is 4.15. The van der Waals surface area contributed by atoms with Crippen LogP contribution < -0.4 is 5.73 Å². The van der Waals surface area contributed by atoms with E-state index in [0.29, 0.717) is 5.78 Å². The monoisotopic (exact) mass is 169 g/mol. The maximum absolute atomic E-state index is 11.7. The second-order valence-electron chi connectivity index (χ2n) is 4.15. The molecule has 2 nitrogen and oxygen atoms in total. The molecule has 2 N–H and O–H groups in total. The minimum Gasteiger partial charge on any atom is -0.321 e. The van der Waals surface area contributed by atoms with Gasteiger partial charge in [-0.1, -0.05) is 26.7 Å². The molecular weight excluding hydrogens is 150 g/mol. The lowest BCUT2D eigenvalue weighted by Crippen LogP contribution is -2.38. The number of Topliss-reactive ketones (excluding diaryl/α,β-unsaturated/α-hetero) is 1. The molecule has 0 spiro atoms. The lowest BCUT2D eigenvalue weighted by atomic mass is 9.91. The average Bonchev–Trinajstić information content (AvgIpc) is 2.53. The molecule has 0 saturated heterocycles. The minimum absolute atomic E-state index is 0.229. The molecule has 0 amide bonds.